The van der Waals surface area contributed by atoms with Crippen LogP contribution in [0.1, 0.15) is 43.5 Å². The van der Waals surface area contributed by atoms with Gasteiger partial charge in [-0.3, -0.25) is 0 Å². The largest absolute Gasteiger partial charge is 0.376 e. The van der Waals surface area contributed by atoms with Gasteiger partial charge in [-0.05, 0) is 31.2 Å². The highest BCUT2D eigenvalue weighted by atomic mass is 16.5. The molecule has 1 aliphatic rings. The number of aryl methyl sites for hydroxylation is 1. The Morgan fingerprint density at radius 2 is 2.21 bits per heavy atom. The van der Waals surface area contributed by atoms with Gasteiger partial charge in [-0.2, -0.15) is 10.4 Å². The van der Waals surface area contributed by atoms with Gasteiger partial charge >= 0.3 is 0 Å². The third-order valence-corrected chi connectivity index (χ3v) is 3.48. The lowest BCUT2D eigenvalue weighted by molar-refractivity contribution is 0.120. The topological polar surface area (TPSA) is 70.8 Å². The first-order chi connectivity index (χ1) is 9.30. The molecule has 2 heterocycles. The molecule has 0 bridgehead atoms. The van der Waals surface area contributed by atoms with Crippen LogP contribution in [0.4, 0.5) is 5.82 Å². The SMILES string of the molecule is CCc1nnc(NCC2CCCO2)c(C#N)c1CC. The summed E-state index contributed by atoms with van der Waals surface area (Å²) in [7, 11) is 0. The van der Waals surface area contributed by atoms with Gasteiger partial charge in [0.25, 0.3) is 0 Å². The summed E-state index contributed by atoms with van der Waals surface area (Å²) in [6.45, 7) is 5.60. The lowest BCUT2D eigenvalue weighted by atomic mass is 10.0. The number of rotatable bonds is 5. The van der Waals surface area contributed by atoms with Gasteiger partial charge in [-0.1, -0.05) is 13.8 Å². The molecule has 1 N–H and O–H groups in total. The summed E-state index contributed by atoms with van der Waals surface area (Å²) >= 11 is 0. The number of nitrogens with one attached hydrogen (secondary N) is 1. The van der Waals surface area contributed by atoms with Crippen molar-refractivity contribution >= 4 is 5.82 Å². The van der Waals surface area contributed by atoms with Crippen LogP contribution in [-0.4, -0.2) is 29.5 Å². The zero-order chi connectivity index (χ0) is 13.7. The molecular formula is C14H20N4O. The second-order valence-electron chi connectivity index (χ2n) is 4.68. The fraction of sp³-hybridized carbons (Fsp3) is 0.643. The molecule has 1 unspecified atom stereocenters. The van der Waals surface area contributed by atoms with Crippen molar-refractivity contribution in [1.82, 2.24) is 10.2 Å². The van der Waals surface area contributed by atoms with E-state index < -0.39 is 0 Å². The summed E-state index contributed by atoms with van der Waals surface area (Å²) in [6, 6.07) is 2.26. The van der Waals surface area contributed by atoms with Crippen molar-refractivity contribution in [3.63, 3.8) is 0 Å². The molecule has 102 valence electrons. The van der Waals surface area contributed by atoms with Gasteiger partial charge < -0.3 is 10.1 Å². The molecule has 1 fully saturated rings. The Balaban J connectivity index is 2.17. The van der Waals surface area contributed by atoms with Crippen LogP contribution >= 0.6 is 0 Å². The Labute approximate surface area is 114 Å². The minimum atomic E-state index is 0.226. The molecule has 0 radical (unpaired) electrons. The van der Waals surface area contributed by atoms with Crippen LogP contribution in [-0.2, 0) is 17.6 Å². The molecule has 1 aromatic rings. The molecule has 0 aromatic carbocycles. The smallest absolute Gasteiger partial charge is 0.167 e. The van der Waals surface area contributed by atoms with Gasteiger partial charge in [0.05, 0.1) is 11.8 Å². The van der Waals surface area contributed by atoms with E-state index in [1.165, 1.54) is 0 Å². The first-order valence-corrected chi connectivity index (χ1v) is 6.94. The molecule has 1 saturated heterocycles. The average Bonchev–Trinajstić information content (AvgIpc) is 2.96. The maximum Gasteiger partial charge on any atom is 0.167 e. The Bertz CT molecular complexity index is 475. The number of hydrogen-bond acceptors (Lipinski definition) is 5. The Hall–Kier alpha value is -1.67. The van der Waals surface area contributed by atoms with Crippen LogP contribution in [0.3, 0.4) is 0 Å². The van der Waals surface area contributed by atoms with E-state index in [2.05, 4.69) is 21.6 Å². The molecule has 1 atom stereocenters. The quantitative estimate of drug-likeness (QED) is 0.877. The molecule has 0 amide bonds. The number of aromatic nitrogens is 2. The first kappa shape index (κ1) is 13.8. The summed E-state index contributed by atoms with van der Waals surface area (Å²) in [5, 5.41) is 20.9. The molecular weight excluding hydrogens is 240 g/mol. The van der Waals surface area contributed by atoms with Crippen LogP contribution < -0.4 is 5.32 Å². The van der Waals surface area contributed by atoms with Crippen LogP contribution in [0.15, 0.2) is 0 Å². The van der Waals surface area contributed by atoms with Crippen LogP contribution in [0.25, 0.3) is 0 Å². The summed E-state index contributed by atoms with van der Waals surface area (Å²) in [5.74, 6) is 0.590. The van der Waals surface area contributed by atoms with E-state index in [0.29, 0.717) is 17.9 Å². The molecule has 5 heteroatoms. The Morgan fingerprint density at radius 3 is 2.79 bits per heavy atom. The molecule has 0 saturated carbocycles. The second kappa shape index (κ2) is 6.48. The summed E-state index contributed by atoms with van der Waals surface area (Å²) < 4.78 is 5.56. The van der Waals surface area contributed by atoms with E-state index in [9.17, 15) is 5.26 Å². The van der Waals surface area contributed by atoms with E-state index in [-0.39, 0.29) is 6.10 Å². The lowest BCUT2D eigenvalue weighted by Crippen LogP contribution is -2.20. The molecule has 0 spiro atoms. The second-order valence-corrected chi connectivity index (χ2v) is 4.68. The van der Waals surface area contributed by atoms with E-state index in [4.69, 9.17) is 4.74 Å². The number of ether oxygens (including phenoxy) is 1. The van der Waals surface area contributed by atoms with Crippen molar-refractivity contribution in [3.8, 4) is 6.07 Å². The average molecular weight is 260 g/mol. The van der Waals surface area contributed by atoms with Crippen molar-refractivity contribution in [2.24, 2.45) is 0 Å². The monoisotopic (exact) mass is 260 g/mol. The summed E-state index contributed by atoms with van der Waals surface area (Å²) in [4.78, 5) is 0. The van der Waals surface area contributed by atoms with Crippen molar-refractivity contribution < 1.29 is 4.74 Å². The highest BCUT2D eigenvalue weighted by Crippen LogP contribution is 2.20. The van der Waals surface area contributed by atoms with E-state index in [1.807, 2.05) is 13.8 Å². The number of anilines is 1. The predicted molar refractivity (Wildman–Crippen MR) is 73.0 cm³/mol. The minimum absolute atomic E-state index is 0.226. The van der Waals surface area contributed by atoms with Gasteiger partial charge in [0.1, 0.15) is 11.6 Å². The summed E-state index contributed by atoms with van der Waals surface area (Å²) in [6.07, 6.45) is 4.01. The Morgan fingerprint density at radius 1 is 1.37 bits per heavy atom. The van der Waals surface area contributed by atoms with Crippen molar-refractivity contribution in [2.75, 3.05) is 18.5 Å². The van der Waals surface area contributed by atoms with Crippen molar-refractivity contribution in [1.29, 1.82) is 5.26 Å². The molecule has 0 aliphatic carbocycles. The normalized spacial score (nSPS) is 18.3. The zero-order valence-electron chi connectivity index (χ0n) is 11.6. The third-order valence-electron chi connectivity index (χ3n) is 3.48. The van der Waals surface area contributed by atoms with Crippen LogP contribution in [0, 0.1) is 11.3 Å². The maximum absolute atomic E-state index is 9.35. The van der Waals surface area contributed by atoms with Gasteiger partial charge in [0.2, 0.25) is 0 Å². The number of nitriles is 1. The standard InChI is InChI=1S/C14H20N4O/c1-3-11-12(8-15)14(18-17-13(11)4-2)16-9-10-6-5-7-19-10/h10H,3-7,9H2,1-2H3,(H,16,18). The lowest BCUT2D eigenvalue weighted by Gasteiger charge is -2.14. The molecule has 5 nitrogen and oxygen atoms in total. The fourth-order valence-corrected chi connectivity index (χ4v) is 2.43. The van der Waals surface area contributed by atoms with E-state index in [1.54, 1.807) is 0 Å². The van der Waals surface area contributed by atoms with Gasteiger partial charge in [0, 0.05) is 13.2 Å². The van der Waals surface area contributed by atoms with E-state index in [0.717, 1.165) is 43.5 Å². The molecule has 19 heavy (non-hydrogen) atoms. The summed E-state index contributed by atoms with van der Waals surface area (Å²) in [5.41, 5.74) is 2.56. The van der Waals surface area contributed by atoms with Gasteiger partial charge in [-0.25, -0.2) is 0 Å². The molecule has 1 aromatic heterocycles. The maximum atomic E-state index is 9.35. The van der Waals surface area contributed by atoms with Crippen LogP contribution in [0.5, 0.6) is 0 Å². The minimum Gasteiger partial charge on any atom is -0.376 e. The van der Waals surface area contributed by atoms with Crippen LogP contribution in [0.2, 0.25) is 0 Å². The predicted octanol–water partition coefficient (Wildman–Crippen LogP) is 2.06. The zero-order valence-corrected chi connectivity index (χ0v) is 11.6. The number of hydrogen-bond donors (Lipinski definition) is 1. The fourth-order valence-electron chi connectivity index (χ4n) is 2.43. The Kier molecular flexibility index (Phi) is 4.69. The van der Waals surface area contributed by atoms with Gasteiger partial charge in [-0.15, -0.1) is 5.10 Å². The number of nitrogens with zero attached hydrogens (tertiary/aromatic N) is 3. The van der Waals surface area contributed by atoms with Crippen molar-refractivity contribution in [3.05, 3.63) is 16.8 Å². The molecule has 1 aliphatic heterocycles. The molecule has 2 rings (SSSR count). The third kappa shape index (κ3) is 3.02. The van der Waals surface area contributed by atoms with Gasteiger partial charge in [0.15, 0.2) is 5.82 Å². The highest BCUT2D eigenvalue weighted by molar-refractivity contribution is 5.56. The first-order valence-electron chi connectivity index (χ1n) is 6.94. The van der Waals surface area contributed by atoms with E-state index >= 15 is 0 Å². The van der Waals surface area contributed by atoms with Crippen molar-refractivity contribution in [2.45, 2.75) is 45.6 Å². The highest BCUT2D eigenvalue weighted by Gasteiger charge is 2.18.